The maximum atomic E-state index is 12.8. The number of amides is 1. The Hall–Kier alpha value is -4.54. The van der Waals surface area contributed by atoms with Crippen molar-refractivity contribution < 1.29 is 19.4 Å². The van der Waals surface area contributed by atoms with Gasteiger partial charge in [-0.1, -0.05) is 72.8 Å². The van der Waals surface area contributed by atoms with Crippen LogP contribution in [-0.2, 0) is 27.4 Å². The average molecular weight is 647 g/mol. The van der Waals surface area contributed by atoms with E-state index in [4.69, 9.17) is 9.47 Å². The molecule has 9 nitrogen and oxygen atoms in total. The monoisotopic (exact) mass is 646 g/mol. The second-order valence-corrected chi connectivity index (χ2v) is 12.9. The number of para-hydroxylation sites is 2. The lowest BCUT2D eigenvalue weighted by Gasteiger charge is -2.40. The summed E-state index contributed by atoms with van der Waals surface area (Å²) in [7, 11) is 0. The molecule has 2 aliphatic rings. The minimum Gasteiger partial charge on any atom is -0.392 e. The number of piperidine rings is 1. The second kappa shape index (κ2) is 14.3. The first-order valence-electron chi connectivity index (χ1n) is 16.8. The van der Waals surface area contributed by atoms with Gasteiger partial charge in [0.1, 0.15) is 0 Å². The second-order valence-electron chi connectivity index (χ2n) is 12.9. The molecular formula is C39H42N4O5. The van der Waals surface area contributed by atoms with Crippen LogP contribution in [0.1, 0.15) is 66.9 Å². The highest BCUT2D eigenvalue weighted by molar-refractivity contribution is 5.75. The molecular weight excluding hydrogens is 604 g/mol. The molecule has 248 valence electrons. The largest absolute Gasteiger partial charge is 0.392 e. The molecule has 0 bridgehead atoms. The van der Waals surface area contributed by atoms with Gasteiger partial charge in [-0.15, -0.1) is 0 Å². The molecule has 0 aliphatic carbocycles. The van der Waals surface area contributed by atoms with Crippen LogP contribution in [0, 0.1) is 0 Å². The van der Waals surface area contributed by atoms with Crippen LogP contribution in [0.2, 0.25) is 0 Å². The van der Waals surface area contributed by atoms with Gasteiger partial charge in [0.15, 0.2) is 6.29 Å². The number of H-pyrrole nitrogens is 1. The van der Waals surface area contributed by atoms with Gasteiger partial charge in [0, 0.05) is 51.1 Å². The number of imidazole rings is 1. The number of nitrogens with zero attached hydrogens (tertiary/aromatic N) is 2. The zero-order chi connectivity index (χ0) is 33.0. The van der Waals surface area contributed by atoms with Crippen LogP contribution >= 0.6 is 0 Å². The number of hydrogen-bond acceptors (Lipinski definition) is 6. The maximum Gasteiger partial charge on any atom is 0.326 e. The lowest BCUT2D eigenvalue weighted by Crippen LogP contribution is -2.43. The third-order valence-corrected chi connectivity index (χ3v) is 9.58. The first kappa shape index (κ1) is 32.0. The molecule has 2 aliphatic heterocycles. The Morgan fingerprint density at radius 2 is 1.62 bits per heavy atom. The standard InChI is InChI=1S/C39H42N4O5/c1-26(45)40-23-28-6-4-7-30(20-28)31-8-5-9-32(21-31)38-47-34(22-37(48-38)29-14-12-27(25-44)13-15-29)24-42-18-16-33(17-19-42)43-36-11-3-2-10-35(36)41-39(43)46/h2-15,20-21,33-34,37-38,44H,16-19,22-25H2,1H3,(H,40,45)(H,41,46)/t34-,37+,38+/m1/s1. The van der Waals surface area contributed by atoms with Gasteiger partial charge in [-0.25, -0.2) is 4.79 Å². The van der Waals surface area contributed by atoms with Gasteiger partial charge in [0.2, 0.25) is 5.91 Å². The van der Waals surface area contributed by atoms with E-state index in [0.29, 0.717) is 13.0 Å². The number of fused-ring (bicyclic) bond motifs is 1. The summed E-state index contributed by atoms with van der Waals surface area (Å²) in [6, 6.07) is 32.5. The van der Waals surface area contributed by atoms with E-state index in [1.807, 2.05) is 77.4 Å². The SMILES string of the molecule is CC(=O)NCc1cccc(-c2cccc([C@H]3O[C@@H](CN4CCC(n5c(=O)[nH]c6ccccc65)CC4)C[C@@H](c4ccc(CO)cc4)O3)c2)c1. The Morgan fingerprint density at radius 3 is 2.40 bits per heavy atom. The van der Waals surface area contributed by atoms with Crippen molar-refractivity contribution in [3.63, 3.8) is 0 Å². The molecule has 0 spiro atoms. The van der Waals surface area contributed by atoms with Gasteiger partial charge in [0.25, 0.3) is 0 Å². The number of ether oxygens (including phenoxy) is 2. The van der Waals surface area contributed by atoms with Crippen molar-refractivity contribution in [1.29, 1.82) is 0 Å². The molecule has 0 saturated carbocycles. The summed E-state index contributed by atoms with van der Waals surface area (Å²) >= 11 is 0. The Balaban J connectivity index is 1.09. The van der Waals surface area contributed by atoms with Crippen LogP contribution in [0.3, 0.4) is 0 Å². The molecule has 1 aromatic heterocycles. The molecule has 0 radical (unpaired) electrons. The fourth-order valence-corrected chi connectivity index (χ4v) is 7.07. The van der Waals surface area contributed by atoms with Crippen molar-refractivity contribution >= 4 is 16.9 Å². The van der Waals surface area contributed by atoms with Crippen molar-refractivity contribution in [2.75, 3.05) is 19.6 Å². The zero-order valence-corrected chi connectivity index (χ0v) is 27.2. The number of rotatable bonds is 9. The highest BCUT2D eigenvalue weighted by Gasteiger charge is 2.34. The summed E-state index contributed by atoms with van der Waals surface area (Å²) in [6.07, 6.45) is 1.70. The summed E-state index contributed by atoms with van der Waals surface area (Å²) < 4.78 is 15.3. The van der Waals surface area contributed by atoms with Crippen molar-refractivity contribution in [2.45, 2.75) is 63.9 Å². The van der Waals surface area contributed by atoms with Gasteiger partial charge in [-0.2, -0.15) is 0 Å². The topological polar surface area (TPSA) is 109 Å². The van der Waals surface area contributed by atoms with Crippen LogP contribution in [0.25, 0.3) is 22.2 Å². The van der Waals surface area contributed by atoms with Crippen LogP contribution < -0.4 is 11.0 Å². The summed E-state index contributed by atoms with van der Waals surface area (Å²) in [6.45, 7) is 4.52. The fraction of sp³-hybridized carbons (Fsp3) is 0.333. The Bertz CT molecular complexity index is 1930. The van der Waals surface area contributed by atoms with E-state index in [9.17, 15) is 14.7 Å². The van der Waals surface area contributed by atoms with Crippen molar-refractivity contribution in [3.05, 3.63) is 130 Å². The summed E-state index contributed by atoms with van der Waals surface area (Å²) in [4.78, 5) is 29.7. The number of aromatic nitrogens is 2. The molecule has 5 aromatic rings. The molecule has 3 N–H and O–H groups in total. The van der Waals surface area contributed by atoms with Gasteiger partial charge in [0.05, 0.1) is 29.8 Å². The summed E-state index contributed by atoms with van der Waals surface area (Å²) in [5.41, 5.74) is 7.81. The highest BCUT2D eigenvalue weighted by Crippen LogP contribution is 2.39. The number of aromatic amines is 1. The molecule has 4 aromatic carbocycles. The van der Waals surface area contributed by atoms with Crippen molar-refractivity contribution in [2.24, 2.45) is 0 Å². The molecule has 9 heteroatoms. The molecule has 3 heterocycles. The zero-order valence-electron chi connectivity index (χ0n) is 27.2. The predicted molar refractivity (Wildman–Crippen MR) is 185 cm³/mol. The van der Waals surface area contributed by atoms with Gasteiger partial charge in [-0.3, -0.25) is 9.36 Å². The Morgan fingerprint density at radius 1 is 0.875 bits per heavy atom. The van der Waals surface area contributed by atoms with E-state index in [0.717, 1.165) is 76.9 Å². The minimum atomic E-state index is -0.559. The molecule has 48 heavy (non-hydrogen) atoms. The highest BCUT2D eigenvalue weighted by atomic mass is 16.7. The van der Waals surface area contributed by atoms with E-state index in [-0.39, 0.29) is 36.5 Å². The number of aliphatic hydroxyl groups excluding tert-OH is 1. The summed E-state index contributed by atoms with van der Waals surface area (Å²) in [5, 5.41) is 12.5. The quantitative estimate of drug-likeness (QED) is 0.181. The number of likely N-dealkylation sites (tertiary alicyclic amines) is 1. The number of benzene rings is 4. The average Bonchev–Trinajstić information content (AvgIpc) is 3.46. The number of nitrogens with one attached hydrogen (secondary N) is 2. The van der Waals surface area contributed by atoms with Crippen LogP contribution in [0.4, 0.5) is 0 Å². The minimum absolute atomic E-state index is 0.000398. The molecule has 1 amide bonds. The van der Waals surface area contributed by atoms with Gasteiger partial charge in [-0.05, 0) is 64.9 Å². The maximum absolute atomic E-state index is 12.8. The lowest BCUT2D eigenvalue weighted by molar-refractivity contribution is -0.253. The van der Waals surface area contributed by atoms with E-state index in [2.05, 4.69) is 39.5 Å². The van der Waals surface area contributed by atoms with E-state index < -0.39 is 6.29 Å². The van der Waals surface area contributed by atoms with Crippen molar-refractivity contribution in [3.8, 4) is 11.1 Å². The van der Waals surface area contributed by atoms with E-state index in [1.165, 1.54) is 6.92 Å². The molecule has 7 rings (SSSR count). The first-order valence-corrected chi connectivity index (χ1v) is 16.8. The Kier molecular flexibility index (Phi) is 9.54. The van der Waals surface area contributed by atoms with E-state index >= 15 is 0 Å². The van der Waals surface area contributed by atoms with E-state index in [1.54, 1.807) is 0 Å². The number of aliphatic hydroxyl groups is 1. The Labute approximate surface area is 280 Å². The third kappa shape index (κ3) is 7.15. The molecule has 0 unspecified atom stereocenters. The fourth-order valence-electron chi connectivity index (χ4n) is 7.07. The normalized spacial score (nSPS) is 20.6. The molecule has 3 atom stereocenters. The van der Waals surface area contributed by atoms with Gasteiger partial charge < -0.3 is 29.8 Å². The van der Waals surface area contributed by atoms with Crippen molar-refractivity contribution in [1.82, 2.24) is 19.8 Å². The molecule has 2 saturated heterocycles. The van der Waals surface area contributed by atoms with Crippen LogP contribution in [0.5, 0.6) is 0 Å². The number of carbonyl (C=O) groups is 1. The van der Waals surface area contributed by atoms with Crippen LogP contribution in [0.15, 0.2) is 102 Å². The third-order valence-electron chi connectivity index (χ3n) is 9.58. The predicted octanol–water partition coefficient (Wildman–Crippen LogP) is 6.01. The van der Waals surface area contributed by atoms with Gasteiger partial charge >= 0.3 is 5.69 Å². The lowest BCUT2D eigenvalue weighted by atomic mass is 9.97. The van der Waals surface area contributed by atoms with Crippen LogP contribution in [-0.4, -0.2) is 51.2 Å². The number of carbonyl (C=O) groups excluding carboxylic acids is 1. The molecule has 2 fully saturated rings. The first-order chi connectivity index (χ1) is 23.4. The smallest absolute Gasteiger partial charge is 0.326 e. The summed E-state index contributed by atoms with van der Waals surface area (Å²) in [5.74, 6) is -0.0572. The number of hydrogen-bond donors (Lipinski definition) is 3.